The van der Waals surface area contributed by atoms with Crippen LogP contribution in [0.1, 0.15) is 48.4 Å². The van der Waals surface area contributed by atoms with E-state index >= 15 is 0 Å². The van der Waals surface area contributed by atoms with Gasteiger partial charge < -0.3 is 10.4 Å². The van der Waals surface area contributed by atoms with Crippen LogP contribution in [0, 0.1) is 0 Å². The number of pyridine rings is 1. The van der Waals surface area contributed by atoms with Gasteiger partial charge in [-0.2, -0.15) is 17.5 Å². The maximum Gasteiger partial charge on any atom is 0.416 e. The van der Waals surface area contributed by atoms with Crippen LogP contribution in [-0.2, 0) is 27.4 Å². The highest BCUT2D eigenvalue weighted by molar-refractivity contribution is 7.89. The number of nitrogens with zero attached hydrogens (tertiary/aromatic N) is 2. The second-order valence-electron chi connectivity index (χ2n) is 11.4. The van der Waals surface area contributed by atoms with Gasteiger partial charge in [0.2, 0.25) is 0 Å². The maximum absolute atomic E-state index is 14.4. The number of fused-ring (bicyclic) bond motifs is 2. The van der Waals surface area contributed by atoms with Crippen molar-refractivity contribution < 1.29 is 31.5 Å². The van der Waals surface area contributed by atoms with Crippen LogP contribution in [0.15, 0.2) is 76.6 Å². The molecule has 1 fully saturated rings. The molecule has 0 bridgehead atoms. The minimum atomic E-state index is -4.73. The average Bonchev–Trinajstić information content (AvgIpc) is 3.50. The number of nitrogens with one attached hydrogen (secondary N) is 1. The van der Waals surface area contributed by atoms with Gasteiger partial charge in [-0.05, 0) is 52.4 Å². The highest BCUT2D eigenvalue weighted by atomic mass is 32.2. The molecule has 0 spiro atoms. The summed E-state index contributed by atoms with van der Waals surface area (Å²) in [5, 5.41) is 14.5. The molecule has 6 rings (SSSR count). The number of likely N-dealkylation sites (N-methyl/N-ethyl adjacent to an activating group) is 1. The summed E-state index contributed by atoms with van der Waals surface area (Å²) >= 11 is 0. The van der Waals surface area contributed by atoms with Crippen molar-refractivity contribution in [3.8, 4) is 11.1 Å². The molecule has 8 nitrogen and oxygen atoms in total. The number of sulfonamides is 1. The summed E-state index contributed by atoms with van der Waals surface area (Å²) in [6.07, 6.45) is -1.46. The van der Waals surface area contributed by atoms with E-state index in [-0.39, 0.29) is 34.8 Å². The van der Waals surface area contributed by atoms with Gasteiger partial charge in [0.15, 0.2) is 5.03 Å². The summed E-state index contributed by atoms with van der Waals surface area (Å²) in [7, 11) is -3.32. The molecule has 12 heteroatoms. The first kappa shape index (κ1) is 29.9. The van der Waals surface area contributed by atoms with Crippen LogP contribution in [0.2, 0.25) is 0 Å². The van der Waals surface area contributed by atoms with Gasteiger partial charge in [0, 0.05) is 31.6 Å². The lowest BCUT2D eigenvalue weighted by Gasteiger charge is -2.34. The molecule has 2 aliphatic rings. The largest absolute Gasteiger partial charge is 0.480 e. The minimum Gasteiger partial charge on any atom is -0.480 e. The fourth-order valence-electron chi connectivity index (χ4n) is 6.40. The lowest BCUT2D eigenvalue weighted by atomic mass is 9.91. The molecule has 230 valence electrons. The van der Waals surface area contributed by atoms with Crippen LogP contribution in [-0.4, -0.2) is 48.0 Å². The molecule has 3 aromatic carbocycles. The Morgan fingerprint density at radius 3 is 2.41 bits per heavy atom. The Hall–Kier alpha value is -4.16. The highest BCUT2D eigenvalue weighted by Gasteiger charge is 2.43. The maximum atomic E-state index is 14.4. The number of aromatic nitrogens is 1. The molecular weight excluding hydrogens is 595 g/mol. The van der Waals surface area contributed by atoms with E-state index in [1.54, 1.807) is 0 Å². The Labute approximate surface area is 251 Å². The first-order valence-corrected chi connectivity index (χ1v) is 15.7. The van der Waals surface area contributed by atoms with Gasteiger partial charge in [-0.1, -0.05) is 67.4 Å². The van der Waals surface area contributed by atoms with Crippen molar-refractivity contribution in [1.82, 2.24) is 8.87 Å². The van der Waals surface area contributed by atoms with Gasteiger partial charge in [-0.3, -0.25) is 9.36 Å². The Balaban J connectivity index is 1.76. The van der Waals surface area contributed by atoms with E-state index in [9.17, 15) is 36.3 Å². The van der Waals surface area contributed by atoms with Crippen LogP contribution in [0.3, 0.4) is 0 Å². The molecule has 1 aliphatic heterocycles. The standard InChI is InChI=1S/C32H30F3N3O5S/c1-37-18-26(31(40)41)38-29(39)28(36-23-13-3-4-14-23)25(17-20-10-6-9-19-8-2-5-15-24(19)20)27(30(38)44(37,42)43)21-11-7-12-22(16-21)32(33,34)35/h2,5-12,15-16,23,26,36H,3-4,13-14,17-18H2,1H3,(H,40,41). The highest BCUT2D eigenvalue weighted by Crippen LogP contribution is 2.42. The molecule has 4 aromatic rings. The van der Waals surface area contributed by atoms with Crippen molar-refractivity contribution >= 4 is 32.5 Å². The van der Waals surface area contributed by atoms with Crippen LogP contribution in [0.5, 0.6) is 0 Å². The van der Waals surface area contributed by atoms with Gasteiger partial charge in [-0.15, -0.1) is 0 Å². The summed E-state index contributed by atoms with van der Waals surface area (Å²) in [6.45, 7) is -0.516. The molecule has 1 saturated carbocycles. The number of rotatable bonds is 6. The zero-order valence-electron chi connectivity index (χ0n) is 23.8. The van der Waals surface area contributed by atoms with Crippen molar-refractivity contribution in [3.05, 3.63) is 93.8 Å². The molecular formula is C32H30F3N3O5S. The Kier molecular flexibility index (Phi) is 7.53. The van der Waals surface area contributed by atoms with Crippen molar-refractivity contribution in [2.75, 3.05) is 18.9 Å². The zero-order valence-corrected chi connectivity index (χ0v) is 24.6. The van der Waals surface area contributed by atoms with E-state index in [1.165, 1.54) is 19.2 Å². The zero-order chi connectivity index (χ0) is 31.4. The molecule has 1 aromatic heterocycles. The third kappa shape index (κ3) is 5.15. The number of anilines is 1. The van der Waals surface area contributed by atoms with Crippen molar-refractivity contribution in [2.24, 2.45) is 0 Å². The molecule has 2 N–H and O–H groups in total. The number of hydrogen-bond donors (Lipinski definition) is 2. The molecule has 2 heterocycles. The molecule has 1 aliphatic carbocycles. The monoisotopic (exact) mass is 625 g/mol. The van der Waals surface area contributed by atoms with Crippen molar-refractivity contribution in [2.45, 2.75) is 55.4 Å². The van der Waals surface area contributed by atoms with E-state index in [0.717, 1.165) is 63.0 Å². The van der Waals surface area contributed by atoms with E-state index in [4.69, 9.17) is 0 Å². The fourth-order valence-corrected chi connectivity index (χ4v) is 7.99. The third-order valence-corrected chi connectivity index (χ3v) is 10.4. The predicted molar refractivity (Wildman–Crippen MR) is 160 cm³/mol. The first-order chi connectivity index (χ1) is 20.9. The minimum absolute atomic E-state index is 0.00202. The van der Waals surface area contributed by atoms with Crippen molar-refractivity contribution in [1.29, 1.82) is 0 Å². The number of carboxylic acid groups (broad SMARTS) is 1. The number of alkyl halides is 3. The van der Waals surface area contributed by atoms with Crippen molar-refractivity contribution in [3.63, 3.8) is 0 Å². The van der Waals surface area contributed by atoms with E-state index in [1.807, 2.05) is 42.5 Å². The number of aliphatic carboxylic acids is 1. The summed E-state index contributed by atoms with van der Waals surface area (Å²) in [6, 6.07) is 15.6. The van der Waals surface area contributed by atoms with Gasteiger partial charge >= 0.3 is 12.1 Å². The molecule has 0 saturated heterocycles. The number of carbonyl (C=O) groups is 1. The SMILES string of the molecule is CN1CC(C(=O)O)n2c(c(-c3cccc(C(F)(F)F)c3)c(Cc3cccc4ccccc34)c(NC3CCCC3)c2=O)S1(=O)=O. The average molecular weight is 626 g/mol. The van der Waals surface area contributed by atoms with Crippen LogP contribution < -0.4 is 10.9 Å². The third-order valence-electron chi connectivity index (χ3n) is 8.58. The Morgan fingerprint density at radius 1 is 1.02 bits per heavy atom. The summed E-state index contributed by atoms with van der Waals surface area (Å²) in [5.74, 6) is -1.43. The quantitative estimate of drug-likeness (QED) is 0.277. The molecule has 0 amide bonds. The topological polar surface area (TPSA) is 109 Å². The number of hydrogen-bond acceptors (Lipinski definition) is 5. The molecule has 0 radical (unpaired) electrons. The summed E-state index contributed by atoms with van der Waals surface area (Å²) in [5.41, 5.74) is -1.11. The first-order valence-electron chi connectivity index (χ1n) is 14.3. The summed E-state index contributed by atoms with van der Waals surface area (Å²) in [4.78, 5) is 26.9. The number of halogens is 3. The van der Waals surface area contributed by atoms with Gasteiger partial charge in [0.1, 0.15) is 11.7 Å². The number of benzene rings is 3. The molecule has 1 atom stereocenters. The second kappa shape index (κ2) is 11.1. The van der Waals surface area contributed by atoms with Gasteiger partial charge in [0.05, 0.1) is 5.56 Å². The van der Waals surface area contributed by atoms with Crippen LogP contribution >= 0.6 is 0 Å². The van der Waals surface area contributed by atoms with Gasteiger partial charge in [0.25, 0.3) is 15.6 Å². The molecule has 1 unspecified atom stereocenters. The normalized spacial score (nSPS) is 18.8. The van der Waals surface area contributed by atoms with E-state index in [2.05, 4.69) is 5.32 Å². The van der Waals surface area contributed by atoms with Crippen LogP contribution in [0.25, 0.3) is 21.9 Å². The van der Waals surface area contributed by atoms with Crippen LogP contribution in [0.4, 0.5) is 18.9 Å². The lowest BCUT2D eigenvalue weighted by Crippen LogP contribution is -2.49. The predicted octanol–water partition coefficient (Wildman–Crippen LogP) is 5.89. The van der Waals surface area contributed by atoms with E-state index in [0.29, 0.717) is 0 Å². The smallest absolute Gasteiger partial charge is 0.416 e. The Bertz CT molecular complexity index is 1940. The van der Waals surface area contributed by atoms with Gasteiger partial charge in [-0.25, -0.2) is 13.2 Å². The second-order valence-corrected chi connectivity index (χ2v) is 13.3. The summed E-state index contributed by atoms with van der Waals surface area (Å²) < 4.78 is 71.5. The van der Waals surface area contributed by atoms with E-state index < -0.39 is 50.9 Å². The Morgan fingerprint density at radius 2 is 1.70 bits per heavy atom. The lowest BCUT2D eigenvalue weighted by molar-refractivity contribution is -0.141. The molecule has 44 heavy (non-hydrogen) atoms. The fraction of sp³-hybridized carbons (Fsp3) is 0.312. The number of carboxylic acids is 1.